The van der Waals surface area contributed by atoms with E-state index in [9.17, 15) is 0 Å². The fourth-order valence-corrected chi connectivity index (χ4v) is 8.76. The fraction of sp³-hybridized carbons (Fsp3) is 0.256. The van der Waals surface area contributed by atoms with Gasteiger partial charge < -0.3 is 23.7 Å². The molecule has 0 aliphatic carbocycles. The molecule has 2 fully saturated rings. The van der Waals surface area contributed by atoms with Gasteiger partial charge in [0.15, 0.2) is 27.3 Å². The molecule has 5 nitrogen and oxygen atoms in total. The zero-order valence-corrected chi connectivity index (χ0v) is 28.4. The van der Waals surface area contributed by atoms with Gasteiger partial charge in [0.1, 0.15) is 23.9 Å². The standard InChI is InChI=1S/C43H41O5S/c1-3-11-39-31(9-1)29-32-10-2-4-12-40(32)41(39)30-46-33-15-21-36(22-16-33)49(37-23-17-34(18-24-37)47-42-13-5-7-27-44-42)38-25-19-35(20-26-38)48-43-14-6-8-28-45-43/h1-4,9-12,15-26,29,42-43H,5-8,13-14,27-28,30H2/q+1. The highest BCUT2D eigenvalue weighted by atomic mass is 32.2. The lowest BCUT2D eigenvalue weighted by molar-refractivity contribution is -0.106. The molecule has 0 spiro atoms. The van der Waals surface area contributed by atoms with E-state index in [0.717, 1.165) is 69.0 Å². The predicted octanol–water partition coefficient (Wildman–Crippen LogP) is 10.5. The average molecular weight is 670 g/mol. The third-order valence-electron chi connectivity index (χ3n) is 9.26. The lowest BCUT2D eigenvalue weighted by Crippen LogP contribution is -2.25. The van der Waals surface area contributed by atoms with E-state index in [1.54, 1.807) is 0 Å². The summed E-state index contributed by atoms with van der Waals surface area (Å²) in [7, 11) is -0.359. The van der Waals surface area contributed by atoms with Crippen molar-refractivity contribution in [2.24, 2.45) is 0 Å². The van der Waals surface area contributed by atoms with Crippen LogP contribution in [0.25, 0.3) is 21.5 Å². The third kappa shape index (κ3) is 7.42. The molecule has 6 aromatic carbocycles. The van der Waals surface area contributed by atoms with Gasteiger partial charge in [-0.05, 0) is 126 Å². The van der Waals surface area contributed by atoms with Crippen LogP contribution >= 0.6 is 0 Å². The summed E-state index contributed by atoms with van der Waals surface area (Å²) in [5.74, 6) is 2.51. The lowest BCUT2D eigenvalue weighted by Gasteiger charge is -2.23. The molecule has 2 unspecified atom stereocenters. The zero-order valence-electron chi connectivity index (χ0n) is 27.6. The first-order valence-corrected chi connectivity index (χ1v) is 18.6. The van der Waals surface area contributed by atoms with Crippen LogP contribution < -0.4 is 14.2 Å². The predicted molar refractivity (Wildman–Crippen MR) is 196 cm³/mol. The molecule has 0 radical (unpaired) electrons. The number of fused-ring (bicyclic) bond motifs is 2. The molecule has 0 bridgehead atoms. The Kier molecular flexibility index (Phi) is 9.69. The number of hydrogen-bond donors (Lipinski definition) is 0. The van der Waals surface area contributed by atoms with Crippen LogP contribution in [0.3, 0.4) is 0 Å². The molecule has 2 aliphatic heterocycles. The Morgan fingerprint density at radius 2 is 0.959 bits per heavy atom. The van der Waals surface area contributed by atoms with Crippen molar-refractivity contribution in [2.75, 3.05) is 13.2 Å². The Labute approximate surface area is 291 Å². The van der Waals surface area contributed by atoms with Crippen LogP contribution in [-0.4, -0.2) is 25.8 Å². The molecule has 0 N–H and O–H groups in total. The average Bonchev–Trinajstić information content (AvgIpc) is 3.16. The maximum absolute atomic E-state index is 6.48. The van der Waals surface area contributed by atoms with Crippen LogP contribution in [0.5, 0.6) is 17.2 Å². The number of hydrogen-bond acceptors (Lipinski definition) is 5. The van der Waals surface area contributed by atoms with E-state index in [0.29, 0.717) is 6.61 Å². The number of ether oxygens (including phenoxy) is 5. The van der Waals surface area contributed by atoms with E-state index in [-0.39, 0.29) is 23.5 Å². The van der Waals surface area contributed by atoms with Gasteiger partial charge in [-0.1, -0.05) is 48.5 Å². The van der Waals surface area contributed by atoms with Crippen molar-refractivity contribution in [3.63, 3.8) is 0 Å². The van der Waals surface area contributed by atoms with E-state index in [1.165, 1.54) is 41.8 Å². The second-order valence-electron chi connectivity index (χ2n) is 12.6. The molecule has 0 saturated carbocycles. The van der Waals surface area contributed by atoms with Crippen molar-refractivity contribution in [3.05, 3.63) is 133 Å². The minimum absolute atomic E-state index is 0.169. The van der Waals surface area contributed by atoms with Gasteiger partial charge in [-0.3, -0.25) is 0 Å². The SMILES string of the molecule is c1ccc2c(COc3ccc([S+](c4ccc(OC5CCCCO5)cc4)c4ccc(OC5CCCCO5)cc4)cc3)c3ccccc3cc2c1. The maximum atomic E-state index is 6.48. The summed E-state index contributed by atoms with van der Waals surface area (Å²) in [6.45, 7) is 2.01. The van der Waals surface area contributed by atoms with Crippen molar-refractivity contribution >= 4 is 32.4 Å². The summed E-state index contributed by atoms with van der Waals surface area (Å²) in [6.07, 6.45) is 5.99. The smallest absolute Gasteiger partial charge is 0.199 e. The minimum Gasteiger partial charge on any atom is -0.489 e. The molecule has 248 valence electrons. The topological polar surface area (TPSA) is 46.2 Å². The first-order valence-electron chi connectivity index (χ1n) is 17.4. The molecule has 49 heavy (non-hydrogen) atoms. The van der Waals surface area contributed by atoms with Crippen molar-refractivity contribution in [2.45, 2.75) is 72.4 Å². The molecule has 2 saturated heterocycles. The van der Waals surface area contributed by atoms with Gasteiger partial charge >= 0.3 is 0 Å². The molecule has 0 aromatic heterocycles. The first-order chi connectivity index (χ1) is 24.3. The molecule has 0 amide bonds. The van der Waals surface area contributed by atoms with Crippen LogP contribution in [0.1, 0.15) is 44.1 Å². The van der Waals surface area contributed by atoms with Crippen LogP contribution in [-0.2, 0) is 27.0 Å². The monoisotopic (exact) mass is 669 g/mol. The number of rotatable bonds is 10. The highest BCUT2D eigenvalue weighted by Gasteiger charge is 2.29. The van der Waals surface area contributed by atoms with Gasteiger partial charge in [-0.25, -0.2) is 0 Å². The molecule has 8 rings (SSSR count). The largest absolute Gasteiger partial charge is 0.489 e. The van der Waals surface area contributed by atoms with Gasteiger partial charge in [-0.15, -0.1) is 0 Å². The third-order valence-corrected chi connectivity index (χ3v) is 11.5. The number of benzene rings is 6. The van der Waals surface area contributed by atoms with Gasteiger partial charge in [0.05, 0.1) is 24.1 Å². The van der Waals surface area contributed by atoms with E-state index >= 15 is 0 Å². The Bertz CT molecular complexity index is 1860. The van der Waals surface area contributed by atoms with E-state index in [4.69, 9.17) is 23.7 Å². The van der Waals surface area contributed by atoms with Crippen LogP contribution in [0.15, 0.2) is 142 Å². The van der Waals surface area contributed by atoms with Gasteiger partial charge in [0.25, 0.3) is 0 Å². The molecular formula is C43H41O5S+. The van der Waals surface area contributed by atoms with Crippen molar-refractivity contribution in [1.82, 2.24) is 0 Å². The highest BCUT2D eigenvalue weighted by molar-refractivity contribution is 7.97. The Balaban J connectivity index is 1.05. The van der Waals surface area contributed by atoms with Crippen LogP contribution in [0.2, 0.25) is 0 Å². The van der Waals surface area contributed by atoms with Crippen LogP contribution in [0, 0.1) is 0 Å². The Morgan fingerprint density at radius 1 is 0.510 bits per heavy atom. The molecule has 6 aromatic rings. The van der Waals surface area contributed by atoms with E-state index in [1.807, 2.05) is 0 Å². The van der Waals surface area contributed by atoms with E-state index < -0.39 is 0 Å². The van der Waals surface area contributed by atoms with Crippen molar-refractivity contribution < 1.29 is 23.7 Å². The summed E-state index contributed by atoms with van der Waals surface area (Å²) in [5.41, 5.74) is 1.21. The quantitative estimate of drug-likeness (QED) is 0.107. The molecular weight excluding hydrogens is 629 g/mol. The normalized spacial score (nSPS) is 18.6. The van der Waals surface area contributed by atoms with Gasteiger partial charge in [0, 0.05) is 18.4 Å². The summed E-state index contributed by atoms with van der Waals surface area (Å²) in [5, 5.41) is 4.91. The second kappa shape index (κ2) is 15.0. The molecule has 2 atom stereocenters. The molecule has 2 heterocycles. The minimum atomic E-state index is -0.359. The molecule has 2 aliphatic rings. The Hall–Kier alpha value is -4.49. The summed E-state index contributed by atoms with van der Waals surface area (Å²) < 4.78 is 30.4. The lowest BCUT2D eigenvalue weighted by atomic mass is 9.97. The Morgan fingerprint density at radius 3 is 1.41 bits per heavy atom. The molecule has 6 heteroatoms. The summed E-state index contributed by atoms with van der Waals surface area (Å²) >= 11 is 0. The zero-order chi connectivity index (χ0) is 32.8. The fourth-order valence-electron chi connectivity index (χ4n) is 6.72. The highest BCUT2D eigenvalue weighted by Crippen LogP contribution is 2.35. The van der Waals surface area contributed by atoms with Crippen molar-refractivity contribution in [1.29, 1.82) is 0 Å². The second-order valence-corrected chi connectivity index (χ2v) is 14.7. The summed E-state index contributed by atoms with van der Waals surface area (Å²) in [4.78, 5) is 3.62. The van der Waals surface area contributed by atoms with Crippen molar-refractivity contribution in [3.8, 4) is 17.2 Å². The van der Waals surface area contributed by atoms with E-state index in [2.05, 4.69) is 127 Å². The summed E-state index contributed by atoms with van der Waals surface area (Å²) in [6, 6.07) is 44.9. The van der Waals surface area contributed by atoms with Gasteiger partial charge in [0.2, 0.25) is 0 Å². The van der Waals surface area contributed by atoms with Gasteiger partial charge in [-0.2, -0.15) is 0 Å². The first kappa shape index (κ1) is 31.8. The van der Waals surface area contributed by atoms with Crippen LogP contribution in [0.4, 0.5) is 0 Å². The maximum Gasteiger partial charge on any atom is 0.199 e.